The third kappa shape index (κ3) is 4.51. The van der Waals surface area contributed by atoms with Gasteiger partial charge >= 0.3 is 0 Å². The fourth-order valence-electron chi connectivity index (χ4n) is 3.63. The molecule has 1 aliphatic rings. The maximum absolute atomic E-state index is 9.43. The average Bonchev–Trinajstić information content (AvgIpc) is 3.29. The third-order valence-corrected chi connectivity index (χ3v) is 6.16. The van der Waals surface area contributed by atoms with Gasteiger partial charge < -0.3 is 20.5 Å². The van der Waals surface area contributed by atoms with Gasteiger partial charge in [0.15, 0.2) is 0 Å². The van der Waals surface area contributed by atoms with Crippen LogP contribution in [0.3, 0.4) is 0 Å². The van der Waals surface area contributed by atoms with Crippen LogP contribution in [0.15, 0.2) is 54.0 Å². The Balaban J connectivity index is 1.53. The van der Waals surface area contributed by atoms with Gasteiger partial charge in [-0.25, -0.2) is 15.0 Å². The maximum atomic E-state index is 9.43. The Morgan fingerprint density at radius 2 is 1.97 bits per heavy atom. The fraction of sp³-hybridized carbons (Fsp3) is 0.261. The highest BCUT2D eigenvalue weighted by Crippen LogP contribution is 2.37. The highest BCUT2D eigenvalue weighted by molar-refractivity contribution is 7.13. The van der Waals surface area contributed by atoms with Gasteiger partial charge in [-0.2, -0.15) is 0 Å². The van der Waals surface area contributed by atoms with Crippen LogP contribution in [0.5, 0.6) is 5.75 Å². The summed E-state index contributed by atoms with van der Waals surface area (Å²) < 4.78 is 6.43. The van der Waals surface area contributed by atoms with Crippen molar-refractivity contribution in [3.05, 3.63) is 59.7 Å². The zero-order chi connectivity index (χ0) is 21.0. The number of thiazole rings is 1. The molecule has 0 atom stereocenters. The molecule has 0 saturated carbocycles. The SMILES string of the molecule is OCc1csc(-c2cc3cnc(Nc4ccccc4)nc3cc2OC2CCNCC2)n1. The monoisotopic (exact) mass is 433 g/mol. The molecule has 5 rings (SSSR count). The number of piperidine rings is 1. The van der Waals surface area contributed by atoms with E-state index in [9.17, 15) is 5.11 Å². The lowest BCUT2D eigenvalue weighted by atomic mass is 10.1. The van der Waals surface area contributed by atoms with Gasteiger partial charge in [0, 0.05) is 28.7 Å². The van der Waals surface area contributed by atoms with Crippen molar-refractivity contribution in [2.75, 3.05) is 18.4 Å². The van der Waals surface area contributed by atoms with E-state index in [1.54, 1.807) is 0 Å². The minimum atomic E-state index is -0.0772. The summed E-state index contributed by atoms with van der Waals surface area (Å²) >= 11 is 1.50. The first-order valence-corrected chi connectivity index (χ1v) is 11.2. The molecule has 0 bridgehead atoms. The molecule has 2 aromatic heterocycles. The quantitative estimate of drug-likeness (QED) is 0.421. The van der Waals surface area contributed by atoms with Gasteiger partial charge in [-0.05, 0) is 44.1 Å². The average molecular weight is 434 g/mol. The van der Waals surface area contributed by atoms with E-state index >= 15 is 0 Å². The Morgan fingerprint density at radius 1 is 1.13 bits per heavy atom. The molecule has 0 aliphatic carbocycles. The third-order valence-electron chi connectivity index (χ3n) is 5.24. The standard InChI is InChI=1S/C23H23N5O2S/c29-13-17-14-31-22(26-17)19-10-15-12-25-23(27-16-4-2-1-3-5-16)28-20(15)11-21(19)30-18-6-8-24-9-7-18/h1-5,10-12,14,18,24,29H,6-9,13H2,(H,25,27,28). The van der Waals surface area contributed by atoms with Crippen molar-refractivity contribution in [1.82, 2.24) is 20.3 Å². The van der Waals surface area contributed by atoms with Gasteiger partial charge in [0.2, 0.25) is 5.95 Å². The van der Waals surface area contributed by atoms with Crippen molar-refractivity contribution in [1.29, 1.82) is 0 Å². The number of fused-ring (bicyclic) bond motifs is 1. The van der Waals surface area contributed by atoms with Crippen LogP contribution in [0, 0.1) is 0 Å². The molecule has 0 unspecified atom stereocenters. The molecule has 8 heteroatoms. The Kier molecular flexibility index (Phi) is 5.75. The molecule has 0 amide bonds. The van der Waals surface area contributed by atoms with Crippen molar-refractivity contribution in [2.45, 2.75) is 25.6 Å². The lowest BCUT2D eigenvalue weighted by molar-refractivity contribution is 0.163. The van der Waals surface area contributed by atoms with Crippen molar-refractivity contribution >= 4 is 33.9 Å². The molecule has 1 fully saturated rings. The first-order chi connectivity index (χ1) is 15.3. The number of hydrogen-bond donors (Lipinski definition) is 3. The highest BCUT2D eigenvalue weighted by atomic mass is 32.1. The summed E-state index contributed by atoms with van der Waals surface area (Å²) in [6, 6.07) is 13.9. The molecule has 158 valence electrons. The zero-order valence-electron chi connectivity index (χ0n) is 16.9. The number of aromatic nitrogens is 3. The minimum absolute atomic E-state index is 0.0772. The number of para-hydroxylation sites is 1. The van der Waals surface area contributed by atoms with Crippen molar-refractivity contribution in [3.63, 3.8) is 0 Å². The number of hydrogen-bond acceptors (Lipinski definition) is 8. The van der Waals surface area contributed by atoms with Gasteiger partial charge in [-0.15, -0.1) is 11.3 Å². The summed E-state index contributed by atoms with van der Waals surface area (Å²) in [5.74, 6) is 1.30. The van der Waals surface area contributed by atoms with Crippen molar-refractivity contribution in [3.8, 4) is 16.3 Å². The molecule has 2 aromatic carbocycles. The minimum Gasteiger partial charge on any atom is -0.490 e. The summed E-state index contributed by atoms with van der Waals surface area (Å²) in [5, 5.41) is 19.6. The Morgan fingerprint density at radius 3 is 2.74 bits per heavy atom. The maximum Gasteiger partial charge on any atom is 0.227 e. The van der Waals surface area contributed by atoms with Crippen LogP contribution in [0.4, 0.5) is 11.6 Å². The van der Waals surface area contributed by atoms with E-state index in [1.807, 2.05) is 54.0 Å². The Hall–Kier alpha value is -3.07. The van der Waals surface area contributed by atoms with Gasteiger partial charge in [0.1, 0.15) is 16.9 Å². The van der Waals surface area contributed by atoms with Crippen LogP contribution in [0.25, 0.3) is 21.5 Å². The second-order valence-corrected chi connectivity index (χ2v) is 8.32. The molecular formula is C23H23N5O2S. The molecule has 3 heterocycles. The predicted octanol–water partition coefficient (Wildman–Crippen LogP) is 4.12. The molecule has 0 radical (unpaired) electrons. The second-order valence-electron chi connectivity index (χ2n) is 7.46. The van der Waals surface area contributed by atoms with E-state index in [0.29, 0.717) is 11.6 Å². The first kappa shape index (κ1) is 19.9. The van der Waals surface area contributed by atoms with Crippen LogP contribution < -0.4 is 15.4 Å². The summed E-state index contributed by atoms with van der Waals surface area (Å²) in [4.78, 5) is 13.7. The van der Waals surface area contributed by atoms with Crippen LogP contribution in [0.1, 0.15) is 18.5 Å². The number of benzene rings is 2. The van der Waals surface area contributed by atoms with Crippen LogP contribution in [-0.4, -0.2) is 39.3 Å². The normalized spacial score (nSPS) is 14.6. The first-order valence-electron chi connectivity index (χ1n) is 10.3. The lowest BCUT2D eigenvalue weighted by Crippen LogP contribution is -2.34. The number of nitrogens with zero attached hydrogens (tertiary/aromatic N) is 3. The number of ether oxygens (including phenoxy) is 1. The van der Waals surface area contributed by atoms with E-state index in [4.69, 9.17) is 9.72 Å². The van der Waals surface area contributed by atoms with Gasteiger partial charge in [-0.1, -0.05) is 18.2 Å². The van der Waals surface area contributed by atoms with Crippen LogP contribution in [0.2, 0.25) is 0 Å². The molecule has 1 aliphatic heterocycles. The molecule has 7 nitrogen and oxygen atoms in total. The topological polar surface area (TPSA) is 92.2 Å². The number of aliphatic hydroxyl groups excluding tert-OH is 1. The van der Waals surface area contributed by atoms with Crippen LogP contribution in [-0.2, 0) is 6.61 Å². The summed E-state index contributed by atoms with van der Waals surface area (Å²) in [5.41, 5.74) is 3.30. The molecular weight excluding hydrogens is 410 g/mol. The summed E-state index contributed by atoms with van der Waals surface area (Å²) in [6.07, 6.45) is 3.88. The summed E-state index contributed by atoms with van der Waals surface area (Å²) in [7, 11) is 0. The Bertz CT molecular complexity index is 1180. The Labute approximate surface area is 184 Å². The predicted molar refractivity (Wildman–Crippen MR) is 123 cm³/mol. The molecule has 4 aromatic rings. The van der Waals surface area contributed by atoms with Crippen molar-refractivity contribution in [2.24, 2.45) is 0 Å². The number of nitrogens with one attached hydrogen (secondary N) is 2. The van der Waals surface area contributed by atoms with E-state index < -0.39 is 0 Å². The molecule has 3 N–H and O–H groups in total. The van der Waals surface area contributed by atoms with E-state index in [1.165, 1.54) is 11.3 Å². The van der Waals surface area contributed by atoms with Gasteiger partial charge in [-0.3, -0.25) is 0 Å². The van der Waals surface area contributed by atoms with E-state index in [0.717, 1.165) is 58.8 Å². The number of anilines is 2. The summed E-state index contributed by atoms with van der Waals surface area (Å²) in [6.45, 7) is 1.83. The van der Waals surface area contributed by atoms with Gasteiger partial charge in [0.25, 0.3) is 0 Å². The highest BCUT2D eigenvalue weighted by Gasteiger charge is 2.19. The molecule has 1 saturated heterocycles. The molecule has 0 spiro atoms. The van der Waals surface area contributed by atoms with Crippen LogP contribution >= 0.6 is 11.3 Å². The van der Waals surface area contributed by atoms with Crippen molar-refractivity contribution < 1.29 is 9.84 Å². The lowest BCUT2D eigenvalue weighted by Gasteiger charge is -2.25. The number of rotatable bonds is 6. The second kappa shape index (κ2) is 8.97. The fourth-order valence-corrected chi connectivity index (χ4v) is 4.46. The number of aliphatic hydroxyl groups is 1. The van der Waals surface area contributed by atoms with Gasteiger partial charge in [0.05, 0.1) is 23.4 Å². The zero-order valence-corrected chi connectivity index (χ0v) is 17.7. The largest absolute Gasteiger partial charge is 0.490 e. The smallest absolute Gasteiger partial charge is 0.227 e. The van der Waals surface area contributed by atoms with E-state index in [-0.39, 0.29) is 12.7 Å². The van der Waals surface area contributed by atoms with E-state index in [2.05, 4.69) is 20.6 Å². The molecule has 31 heavy (non-hydrogen) atoms.